The number of ether oxygens (including phenoxy) is 1. The Morgan fingerprint density at radius 3 is 2.46 bits per heavy atom. The van der Waals surface area contributed by atoms with Crippen LogP contribution in [0.4, 0.5) is 5.69 Å². The largest absolute Gasteiger partial charge is 0.454 e. The van der Waals surface area contributed by atoms with Gasteiger partial charge in [0.05, 0.1) is 9.95 Å². The zero-order chi connectivity index (χ0) is 18.9. The molecule has 138 valence electrons. The lowest BCUT2D eigenvalue weighted by molar-refractivity contribution is -0.385. The molecule has 9 heteroatoms. The number of hydrogen-bond acceptors (Lipinski definition) is 5. The van der Waals surface area contributed by atoms with Gasteiger partial charge in [0.1, 0.15) is 16.4 Å². The van der Waals surface area contributed by atoms with Gasteiger partial charge < -0.3 is 4.74 Å². The van der Waals surface area contributed by atoms with E-state index in [1.165, 1.54) is 16.4 Å². The summed E-state index contributed by atoms with van der Waals surface area (Å²) >= 11 is 6.13. The molecule has 7 nitrogen and oxygen atoms in total. The van der Waals surface area contributed by atoms with Crippen molar-refractivity contribution >= 4 is 27.3 Å². The quantitative estimate of drug-likeness (QED) is 0.559. The summed E-state index contributed by atoms with van der Waals surface area (Å²) in [5, 5.41) is 11.4. The summed E-state index contributed by atoms with van der Waals surface area (Å²) in [6.07, 6.45) is 1.52. The van der Waals surface area contributed by atoms with Crippen LogP contribution in [0.25, 0.3) is 0 Å². The number of nitrogens with zero attached hydrogens (tertiary/aromatic N) is 2. The van der Waals surface area contributed by atoms with Crippen molar-refractivity contribution in [1.82, 2.24) is 4.31 Å². The molecule has 0 atom stereocenters. The van der Waals surface area contributed by atoms with Gasteiger partial charge in [0.25, 0.3) is 5.69 Å². The van der Waals surface area contributed by atoms with Gasteiger partial charge in [-0.05, 0) is 43.5 Å². The van der Waals surface area contributed by atoms with Crippen LogP contribution in [-0.4, -0.2) is 30.7 Å². The van der Waals surface area contributed by atoms with Gasteiger partial charge in [-0.3, -0.25) is 10.1 Å². The van der Waals surface area contributed by atoms with Gasteiger partial charge in [-0.1, -0.05) is 17.7 Å². The number of non-ortho nitro benzene ring substituents is 1. The van der Waals surface area contributed by atoms with Crippen molar-refractivity contribution in [3.05, 3.63) is 57.1 Å². The second kappa shape index (κ2) is 7.22. The van der Waals surface area contributed by atoms with E-state index in [1.807, 2.05) is 6.92 Å². The van der Waals surface area contributed by atoms with Gasteiger partial charge in [0.15, 0.2) is 0 Å². The summed E-state index contributed by atoms with van der Waals surface area (Å²) < 4.78 is 33.0. The molecule has 1 aliphatic rings. The van der Waals surface area contributed by atoms with Crippen molar-refractivity contribution < 1.29 is 18.1 Å². The molecule has 1 saturated heterocycles. The number of halogens is 1. The third-order valence-electron chi connectivity index (χ3n) is 4.13. The number of sulfonamides is 1. The van der Waals surface area contributed by atoms with Gasteiger partial charge >= 0.3 is 0 Å². The fourth-order valence-corrected chi connectivity index (χ4v) is 4.58. The van der Waals surface area contributed by atoms with Gasteiger partial charge in [-0.15, -0.1) is 0 Å². The van der Waals surface area contributed by atoms with E-state index >= 15 is 0 Å². The molecule has 0 bridgehead atoms. The van der Waals surface area contributed by atoms with Gasteiger partial charge in [-0.25, -0.2) is 8.42 Å². The average Bonchev–Trinajstić information content (AvgIpc) is 3.13. The first-order valence-electron chi connectivity index (χ1n) is 8.01. The third-order valence-corrected chi connectivity index (χ3v) is 6.36. The number of nitro groups is 1. The van der Waals surface area contributed by atoms with Crippen molar-refractivity contribution in [2.24, 2.45) is 0 Å². The summed E-state index contributed by atoms with van der Waals surface area (Å²) in [6, 6.07) is 8.66. The molecule has 2 aromatic carbocycles. The Bertz CT molecular complexity index is 956. The van der Waals surface area contributed by atoms with Gasteiger partial charge in [-0.2, -0.15) is 4.31 Å². The molecular weight excluding hydrogens is 380 g/mol. The highest BCUT2D eigenvalue weighted by Gasteiger charge is 2.32. The van der Waals surface area contributed by atoms with Crippen LogP contribution in [0.1, 0.15) is 18.4 Å². The maximum Gasteiger partial charge on any atom is 0.271 e. The normalized spacial score (nSPS) is 15.2. The van der Waals surface area contributed by atoms with E-state index in [2.05, 4.69) is 0 Å². The first-order chi connectivity index (χ1) is 12.3. The molecule has 0 amide bonds. The van der Waals surface area contributed by atoms with E-state index in [9.17, 15) is 18.5 Å². The van der Waals surface area contributed by atoms with Crippen molar-refractivity contribution in [3.63, 3.8) is 0 Å². The molecule has 1 fully saturated rings. The van der Waals surface area contributed by atoms with E-state index in [4.69, 9.17) is 16.3 Å². The number of hydrogen-bond donors (Lipinski definition) is 0. The molecule has 2 aromatic rings. The molecule has 3 rings (SSSR count). The van der Waals surface area contributed by atoms with Crippen LogP contribution in [0.3, 0.4) is 0 Å². The minimum Gasteiger partial charge on any atom is -0.454 e. The standard InChI is InChI=1S/C17H17ClN2O5S/c1-12-4-6-14(18)16(10-12)25-15-7-5-13(20(21)22)11-17(15)26(23,24)19-8-2-3-9-19/h4-7,10-11H,2-3,8-9H2,1H3. The number of aryl methyl sites for hydroxylation is 1. The molecule has 0 aromatic heterocycles. The van der Waals surface area contributed by atoms with Crippen LogP contribution in [-0.2, 0) is 10.0 Å². The van der Waals surface area contributed by atoms with Crippen molar-refractivity contribution in [1.29, 1.82) is 0 Å². The number of benzene rings is 2. The lowest BCUT2D eigenvalue weighted by Gasteiger charge is -2.18. The molecule has 26 heavy (non-hydrogen) atoms. The smallest absolute Gasteiger partial charge is 0.271 e. The Morgan fingerprint density at radius 1 is 1.12 bits per heavy atom. The van der Waals surface area contributed by atoms with E-state index in [0.717, 1.165) is 24.5 Å². The molecule has 0 spiro atoms. The zero-order valence-corrected chi connectivity index (χ0v) is 15.6. The van der Waals surface area contributed by atoms with Crippen molar-refractivity contribution in [2.45, 2.75) is 24.7 Å². The molecule has 0 radical (unpaired) electrons. The van der Waals surface area contributed by atoms with Crippen LogP contribution < -0.4 is 4.74 Å². The number of nitro benzene ring substituents is 1. The van der Waals surface area contributed by atoms with Crippen LogP contribution >= 0.6 is 11.6 Å². The van der Waals surface area contributed by atoms with Crippen LogP contribution in [0.2, 0.25) is 5.02 Å². The predicted octanol–water partition coefficient (Wildman–Crippen LogP) is 4.13. The Balaban J connectivity index is 2.10. The molecule has 0 saturated carbocycles. The Labute approximate surface area is 156 Å². The SMILES string of the molecule is Cc1ccc(Cl)c(Oc2ccc([N+](=O)[O-])cc2S(=O)(=O)N2CCCC2)c1. The van der Waals surface area contributed by atoms with E-state index in [0.29, 0.717) is 23.9 Å². The average molecular weight is 397 g/mol. The highest BCUT2D eigenvalue weighted by molar-refractivity contribution is 7.89. The summed E-state index contributed by atoms with van der Waals surface area (Å²) in [4.78, 5) is 10.2. The lowest BCUT2D eigenvalue weighted by atomic mass is 10.2. The topological polar surface area (TPSA) is 89.7 Å². The minimum absolute atomic E-state index is 0.00926. The van der Waals surface area contributed by atoms with Crippen LogP contribution in [0.5, 0.6) is 11.5 Å². The third kappa shape index (κ3) is 3.67. The Kier molecular flexibility index (Phi) is 5.17. The van der Waals surface area contributed by atoms with E-state index < -0.39 is 14.9 Å². The van der Waals surface area contributed by atoms with Crippen LogP contribution in [0, 0.1) is 17.0 Å². The van der Waals surface area contributed by atoms with E-state index in [-0.39, 0.29) is 16.3 Å². The monoisotopic (exact) mass is 396 g/mol. The molecule has 0 unspecified atom stereocenters. The summed E-state index contributed by atoms with van der Waals surface area (Å²) in [6.45, 7) is 2.62. The summed E-state index contributed by atoms with van der Waals surface area (Å²) in [5.74, 6) is 0.299. The maximum absolute atomic E-state index is 13.0. The lowest BCUT2D eigenvalue weighted by Crippen LogP contribution is -2.28. The fourth-order valence-electron chi connectivity index (χ4n) is 2.77. The first kappa shape index (κ1) is 18.6. The van der Waals surface area contributed by atoms with Gasteiger partial charge in [0, 0.05) is 25.2 Å². The first-order valence-corrected chi connectivity index (χ1v) is 9.83. The molecule has 1 heterocycles. The van der Waals surface area contributed by atoms with Crippen molar-refractivity contribution in [2.75, 3.05) is 13.1 Å². The fraction of sp³-hybridized carbons (Fsp3) is 0.294. The second-order valence-corrected chi connectivity index (χ2v) is 8.35. The highest BCUT2D eigenvalue weighted by atomic mass is 35.5. The molecular formula is C17H17ClN2O5S. The van der Waals surface area contributed by atoms with Gasteiger partial charge in [0.2, 0.25) is 10.0 Å². The Hall–Kier alpha value is -2.16. The van der Waals surface area contributed by atoms with E-state index in [1.54, 1.807) is 18.2 Å². The van der Waals surface area contributed by atoms with Crippen molar-refractivity contribution in [3.8, 4) is 11.5 Å². The molecule has 0 N–H and O–H groups in total. The minimum atomic E-state index is -3.91. The summed E-state index contributed by atoms with van der Waals surface area (Å²) in [7, 11) is -3.91. The highest BCUT2D eigenvalue weighted by Crippen LogP contribution is 2.37. The predicted molar refractivity (Wildman–Crippen MR) is 97.4 cm³/mol. The molecule has 0 aliphatic carbocycles. The Morgan fingerprint density at radius 2 is 1.81 bits per heavy atom. The number of rotatable bonds is 5. The molecule has 1 aliphatic heterocycles. The second-order valence-electron chi connectivity index (χ2n) is 6.04. The zero-order valence-electron chi connectivity index (χ0n) is 14.0. The van der Waals surface area contributed by atoms with Crippen LogP contribution in [0.15, 0.2) is 41.3 Å². The summed E-state index contributed by atoms with van der Waals surface area (Å²) in [5.41, 5.74) is 0.570. The maximum atomic E-state index is 13.0.